The maximum atomic E-state index is 13.6. The fourth-order valence-corrected chi connectivity index (χ4v) is 5.48. The lowest BCUT2D eigenvalue weighted by Crippen LogP contribution is -2.28. The summed E-state index contributed by atoms with van der Waals surface area (Å²) in [6.07, 6.45) is 1.82. The molecular weight excluding hydrogens is 497 g/mol. The van der Waals surface area contributed by atoms with Crippen molar-refractivity contribution < 1.29 is 22.7 Å². The third-order valence-corrected chi connectivity index (χ3v) is 7.73. The zero-order valence-corrected chi connectivity index (χ0v) is 21.2. The van der Waals surface area contributed by atoms with Crippen LogP contribution in [0, 0.1) is 5.95 Å². The number of rotatable bonds is 9. The lowest BCUT2D eigenvalue weighted by atomic mass is 10.0. The van der Waals surface area contributed by atoms with Gasteiger partial charge in [-0.05, 0) is 48.7 Å². The number of halogens is 1. The number of hydrogen-bond acceptors (Lipinski definition) is 7. The molecule has 37 heavy (non-hydrogen) atoms. The van der Waals surface area contributed by atoms with Crippen LogP contribution < -0.4 is 5.56 Å². The predicted molar refractivity (Wildman–Crippen MR) is 135 cm³/mol. The van der Waals surface area contributed by atoms with Crippen molar-refractivity contribution in [2.75, 3.05) is 6.61 Å². The number of aromatic nitrogens is 3. The summed E-state index contributed by atoms with van der Waals surface area (Å²) in [4.78, 5) is 19.6. The second-order valence-corrected chi connectivity index (χ2v) is 10.1. The largest absolute Gasteiger partial charge is 0.493 e. The Morgan fingerprint density at radius 1 is 1.00 bits per heavy atom. The van der Waals surface area contributed by atoms with E-state index in [1.807, 2.05) is 37.3 Å². The van der Waals surface area contributed by atoms with Crippen LogP contribution >= 0.6 is 0 Å². The topological polar surface area (TPSA) is 111 Å². The highest BCUT2D eigenvalue weighted by Gasteiger charge is 2.32. The van der Waals surface area contributed by atoms with Crippen molar-refractivity contribution in [2.45, 2.75) is 42.7 Å². The Kier molecular flexibility index (Phi) is 7.80. The molecule has 10 heteroatoms. The number of benzene rings is 2. The molecule has 0 saturated carbocycles. The molecule has 0 aliphatic rings. The third-order valence-electron chi connectivity index (χ3n) is 5.95. The Hall–Kier alpha value is -3.89. The lowest BCUT2D eigenvalue weighted by Gasteiger charge is -2.25. The van der Waals surface area contributed by atoms with Gasteiger partial charge in [-0.15, -0.1) is 0 Å². The Morgan fingerprint density at radius 2 is 1.68 bits per heavy atom. The standard InChI is InChI=1S/C27H26FN3O5S/c1-3-22(19-8-6-5-7-9-19)31-24(17-36-4-2)30-26(32)25(27(31)33)37(34,35)21-13-10-18(11-14-21)20-12-15-23(28)29-16-20/h5-16,22,33H,3-4,17H2,1-2H3. The van der Waals surface area contributed by atoms with Crippen molar-refractivity contribution in [1.29, 1.82) is 0 Å². The molecule has 4 rings (SSSR count). The van der Waals surface area contributed by atoms with Crippen molar-refractivity contribution in [1.82, 2.24) is 14.5 Å². The SMILES string of the molecule is CCOCc1nc(=O)c(S(=O)(=O)c2ccc(-c3ccc(F)nc3)cc2)c(O)n1C(CC)c1ccccc1. The Balaban J connectivity index is 1.84. The summed E-state index contributed by atoms with van der Waals surface area (Å²) in [6.45, 7) is 3.93. The van der Waals surface area contributed by atoms with Gasteiger partial charge in [0.25, 0.3) is 5.56 Å². The molecule has 2 aromatic heterocycles. The summed E-state index contributed by atoms with van der Waals surface area (Å²) in [5, 5.41) is 11.3. The van der Waals surface area contributed by atoms with E-state index in [-0.39, 0.29) is 17.3 Å². The van der Waals surface area contributed by atoms with E-state index in [4.69, 9.17) is 4.74 Å². The molecule has 0 aliphatic heterocycles. The summed E-state index contributed by atoms with van der Waals surface area (Å²) in [5.74, 6) is -1.20. The molecular formula is C27H26FN3O5S. The first-order valence-corrected chi connectivity index (χ1v) is 13.2. The maximum absolute atomic E-state index is 13.6. The average molecular weight is 524 g/mol. The van der Waals surface area contributed by atoms with E-state index in [2.05, 4.69) is 9.97 Å². The fraction of sp³-hybridized carbons (Fsp3) is 0.222. The van der Waals surface area contributed by atoms with Crippen molar-refractivity contribution in [3.05, 3.63) is 101 Å². The zero-order valence-electron chi connectivity index (χ0n) is 20.3. The molecule has 0 bridgehead atoms. The highest BCUT2D eigenvalue weighted by atomic mass is 32.2. The second-order valence-electron chi connectivity index (χ2n) is 8.23. The molecule has 4 aromatic rings. The maximum Gasteiger partial charge on any atom is 0.296 e. The first-order valence-electron chi connectivity index (χ1n) is 11.7. The molecule has 1 unspecified atom stereocenters. The molecule has 8 nitrogen and oxygen atoms in total. The Morgan fingerprint density at radius 3 is 2.27 bits per heavy atom. The fourth-order valence-electron chi connectivity index (χ4n) is 4.14. The first-order chi connectivity index (χ1) is 17.8. The summed E-state index contributed by atoms with van der Waals surface area (Å²) < 4.78 is 47.1. The number of aromatic hydroxyl groups is 1. The van der Waals surface area contributed by atoms with Crippen molar-refractivity contribution >= 4 is 9.84 Å². The molecule has 0 aliphatic carbocycles. The van der Waals surface area contributed by atoms with E-state index >= 15 is 0 Å². The number of nitrogens with zero attached hydrogens (tertiary/aromatic N) is 3. The Labute approximate surface area is 214 Å². The van der Waals surface area contributed by atoms with Crippen molar-refractivity contribution in [2.24, 2.45) is 0 Å². The monoisotopic (exact) mass is 523 g/mol. The van der Waals surface area contributed by atoms with E-state index in [0.717, 1.165) is 5.56 Å². The average Bonchev–Trinajstić information content (AvgIpc) is 2.90. The van der Waals surface area contributed by atoms with E-state index in [9.17, 15) is 22.7 Å². The minimum Gasteiger partial charge on any atom is -0.493 e. The van der Waals surface area contributed by atoms with Crippen molar-refractivity contribution in [3.63, 3.8) is 0 Å². The molecule has 2 aromatic carbocycles. The van der Waals surface area contributed by atoms with Gasteiger partial charge in [0.1, 0.15) is 12.4 Å². The molecule has 0 amide bonds. The van der Waals surface area contributed by atoms with Gasteiger partial charge in [-0.1, -0.05) is 49.4 Å². The van der Waals surface area contributed by atoms with E-state index in [0.29, 0.717) is 24.2 Å². The number of hydrogen-bond donors (Lipinski definition) is 1. The highest BCUT2D eigenvalue weighted by Crippen LogP contribution is 2.33. The van der Waals surface area contributed by atoms with Crippen LogP contribution in [0.3, 0.4) is 0 Å². The molecule has 0 fully saturated rings. The zero-order chi connectivity index (χ0) is 26.6. The van der Waals surface area contributed by atoms with Crippen LogP contribution in [0.25, 0.3) is 11.1 Å². The Bertz CT molecular complexity index is 1540. The number of pyridine rings is 1. The van der Waals surface area contributed by atoms with Gasteiger partial charge in [-0.3, -0.25) is 9.36 Å². The van der Waals surface area contributed by atoms with Gasteiger partial charge in [0.05, 0.1) is 10.9 Å². The van der Waals surface area contributed by atoms with Crippen LogP contribution in [0.5, 0.6) is 5.88 Å². The van der Waals surface area contributed by atoms with Crippen LogP contribution in [0.2, 0.25) is 0 Å². The molecule has 192 valence electrons. The summed E-state index contributed by atoms with van der Waals surface area (Å²) in [5.41, 5.74) is 0.932. The molecule has 0 saturated heterocycles. The van der Waals surface area contributed by atoms with Gasteiger partial charge in [0, 0.05) is 18.4 Å². The van der Waals surface area contributed by atoms with Crippen LogP contribution in [-0.4, -0.2) is 34.7 Å². The lowest BCUT2D eigenvalue weighted by molar-refractivity contribution is 0.121. The first kappa shape index (κ1) is 26.2. The van der Waals surface area contributed by atoms with Crippen LogP contribution in [0.1, 0.15) is 37.7 Å². The molecule has 0 spiro atoms. The van der Waals surface area contributed by atoms with Gasteiger partial charge < -0.3 is 9.84 Å². The van der Waals surface area contributed by atoms with Crippen LogP contribution in [0.15, 0.2) is 87.5 Å². The number of ether oxygens (including phenoxy) is 1. The normalized spacial score (nSPS) is 12.4. The summed E-state index contributed by atoms with van der Waals surface area (Å²) in [6, 6.07) is 17.1. The van der Waals surface area contributed by atoms with Crippen molar-refractivity contribution in [3.8, 4) is 17.0 Å². The highest BCUT2D eigenvalue weighted by molar-refractivity contribution is 7.91. The van der Waals surface area contributed by atoms with Gasteiger partial charge in [0.2, 0.25) is 21.7 Å². The minimum atomic E-state index is -4.45. The third kappa shape index (κ3) is 5.30. The molecule has 1 N–H and O–H groups in total. The van der Waals surface area contributed by atoms with Gasteiger partial charge in [-0.25, -0.2) is 13.4 Å². The smallest absolute Gasteiger partial charge is 0.296 e. The van der Waals surface area contributed by atoms with Gasteiger partial charge in [0.15, 0.2) is 4.90 Å². The quantitative estimate of drug-likeness (QED) is 0.321. The van der Waals surface area contributed by atoms with E-state index < -0.39 is 38.2 Å². The summed E-state index contributed by atoms with van der Waals surface area (Å²) in [7, 11) is -4.45. The molecule has 1 atom stereocenters. The molecule has 2 heterocycles. The van der Waals surface area contributed by atoms with Gasteiger partial charge in [-0.2, -0.15) is 9.37 Å². The van der Waals surface area contributed by atoms with Crippen LogP contribution in [0.4, 0.5) is 4.39 Å². The number of sulfone groups is 1. The molecule has 0 radical (unpaired) electrons. The van der Waals surface area contributed by atoms with E-state index in [1.54, 1.807) is 6.92 Å². The second kappa shape index (κ2) is 11.0. The minimum absolute atomic E-state index is 0.0800. The van der Waals surface area contributed by atoms with Crippen LogP contribution in [-0.2, 0) is 21.2 Å². The predicted octanol–water partition coefficient (Wildman–Crippen LogP) is 4.52. The summed E-state index contributed by atoms with van der Waals surface area (Å²) >= 11 is 0. The van der Waals surface area contributed by atoms with Gasteiger partial charge >= 0.3 is 0 Å². The van der Waals surface area contributed by atoms with E-state index in [1.165, 1.54) is 47.2 Å².